The highest BCUT2D eigenvalue weighted by atomic mass is 19.4. The van der Waals surface area contributed by atoms with Gasteiger partial charge >= 0.3 is 18.2 Å². The van der Waals surface area contributed by atoms with Crippen LogP contribution < -0.4 is 5.32 Å². The second kappa shape index (κ2) is 7.07. The van der Waals surface area contributed by atoms with Crippen LogP contribution in [0.3, 0.4) is 0 Å². The molecular weight excluding hydrogens is 253 g/mol. The number of nitrogens with one attached hydrogen (secondary N) is 1. The topological polar surface area (TPSA) is 69.6 Å². The lowest BCUT2D eigenvalue weighted by atomic mass is 10.2. The van der Waals surface area contributed by atoms with Crippen LogP contribution in [0.25, 0.3) is 0 Å². The Bertz CT molecular complexity index is 291. The van der Waals surface area contributed by atoms with Crippen LogP contribution in [0.15, 0.2) is 0 Å². The molecule has 18 heavy (non-hydrogen) atoms. The lowest BCUT2D eigenvalue weighted by Crippen LogP contribution is -2.49. The lowest BCUT2D eigenvalue weighted by Gasteiger charge is -2.25. The third-order valence-corrected chi connectivity index (χ3v) is 2.30. The van der Waals surface area contributed by atoms with Gasteiger partial charge in [-0.15, -0.1) is 0 Å². The summed E-state index contributed by atoms with van der Waals surface area (Å²) in [6.45, 7) is 0.996. The summed E-state index contributed by atoms with van der Waals surface area (Å²) in [7, 11) is 0. The van der Waals surface area contributed by atoms with Crippen LogP contribution in [0.4, 0.5) is 18.0 Å². The van der Waals surface area contributed by atoms with E-state index in [0.717, 1.165) is 0 Å². The fourth-order valence-electron chi connectivity index (χ4n) is 1.34. The average molecular weight is 270 g/mol. The van der Waals surface area contributed by atoms with Crippen LogP contribution in [0.1, 0.15) is 26.7 Å². The molecule has 0 aliphatic carbocycles. The van der Waals surface area contributed by atoms with Crippen molar-refractivity contribution in [2.45, 2.75) is 38.9 Å². The summed E-state index contributed by atoms with van der Waals surface area (Å²) in [4.78, 5) is 22.2. The average Bonchev–Trinajstić information content (AvgIpc) is 2.22. The number of hydrogen-bond acceptors (Lipinski definition) is 2. The third-order valence-electron chi connectivity index (χ3n) is 2.30. The Morgan fingerprint density at radius 2 is 1.78 bits per heavy atom. The summed E-state index contributed by atoms with van der Waals surface area (Å²) in [5.41, 5.74) is 0. The molecular formula is C10H17F3N2O3. The van der Waals surface area contributed by atoms with Crippen LogP contribution >= 0.6 is 0 Å². The Kier molecular flexibility index (Phi) is 6.50. The van der Waals surface area contributed by atoms with Gasteiger partial charge in [0.2, 0.25) is 0 Å². The normalized spacial score (nSPS) is 11.4. The van der Waals surface area contributed by atoms with Gasteiger partial charge in [0.15, 0.2) is 0 Å². The van der Waals surface area contributed by atoms with Crippen molar-refractivity contribution >= 4 is 12.0 Å². The van der Waals surface area contributed by atoms with Gasteiger partial charge < -0.3 is 15.3 Å². The molecule has 0 spiro atoms. The number of hydrogen-bond donors (Lipinski definition) is 2. The maximum absolute atomic E-state index is 12.2. The Balaban J connectivity index is 4.63. The molecule has 106 valence electrons. The van der Waals surface area contributed by atoms with E-state index in [4.69, 9.17) is 5.11 Å². The molecule has 0 unspecified atom stereocenters. The van der Waals surface area contributed by atoms with Gasteiger partial charge in [0.25, 0.3) is 0 Å². The summed E-state index contributed by atoms with van der Waals surface area (Å²) < 4.78 is 36.6. The molecule has 0 fully saturated rings. The fourth-order valence-corrected chi connectivity index (χ4v) is 1.34. The molecule has 0 rings (SSSR count). The SMILES string of the molecule is CCC(CC)NC(=O)N(CC(=O)O)CC(F)(F)F. The van der Waals surface area contributed by atoms with Gasteiger partial charge in [-0.2, -0.15) is 13.2 Å². The molecule has 0 aromatic rings. The number of aliphatic carboxylic acids is 1. The molecule has 8 heteroatoms. The number of carboxylic acid groups (broad SMARTS) is 1. The summed E-state index contributed by atoms with van der Waals surface area (Å²) in [6.07, 6.45) is -3.49. The van der Waals surface area contributed by atoms with Gasteiger partial charge in [-0.1, -0.05) is 13.8 Å². The largest absolute Gasteiger partial charge is 0.480 e. The van der Waals surface area contributed by atoms with E-state index in [1.54, 1.807) is 13.8 Å². The van der Waals surface area contributed by atoms with E-state index in [9.17, 15) is 22.8 Å². The van der Waals surface area contributed by atoms with Crippen molar-refractivity contribution in [1.29, 1.82) is 0 Å². The van der Waals surface area contributed by atoms with Crippen molar-refractivity contribution in [3.63, 3.8) is 0 Å². The molecule has 0 atom stereocenters. The minimum atomic E-state index is -4.62. The number of urea groups is 1. The van der Waals surface area contributed by atoms with E-state index in [1.807, 2.05) is 0 Å². The molecule has 0 saturated heterocycles. The van der Waals surface area contributed by atoms with Crippen molar-refractivity contribution in [2.75, 3.05) is 13.1 Å². The number of alkyl halides is 3. The fraction of sp³-hybridized carbons (Fsp3) is 0.800. The first-order valence-electron chi connectivity index (χ1n) is 5.53. The van der Waals surface area contributed by atoms with E-state index in [1.165, 1.54) is 0 Å². The van der Waals surface area contributed by atoms with Crippen LogP contribution in [0.5, 0.6) is 0 Å². The van der Waals surface area contributed by atoms with E-state index in [-0.39, 0.29) is 10.9 Å². The molecule has 0 aliphatic rings. The molecule has 0 radical (unpaired) electrons. The number of nitrogens with zero attached hydrogens (tertiary/aromatic N) is 1. The highest BCUT2D eigenvalue weighted by Crippen LogP contribution is 2.16. The quantitative estimate of drug-likeness (QED) is 0.773. The van der Waals surface area contributed by atoms with Gasteiger partial charge in [0.05, 0.1) is 0 Å². The predicted molar refractivity (Wildman–Crippen MR) is 58.2 cm³/mol. The number of carboxylic acids is 1. The molecule has 5 nitrogen and oxygen atoms in total. The van der Waals surface area contributed by atoms with Crippen molar-refractivity contribution in [3.05, 3.63) is 0 Å². The summed E-state index contributed by atoms with van der Waals surface area (Å²) in [6, 6.07) is -1.27. The summed E-state index contributed by atoms with van der Waals surface area (Å²) >= 11 is 0. The Labute approximate surface area is 103 Å². The zero-order chi connectivity index (χ0) is 14.3. The van der Waals surface area contributed by atoms with Crippen molar-refractivity contribution in [1.82, 2.24) is 10.2 Å². The van der Waals surface area contributed by atoms with Crippen molar-refractivity contribution in [2.24, 2.45) is 0 Å². The number of carbonyl (C=O) groups is 2. The molecule has 0 heterocycles. The van der Waals surface area contributed by atoms with Gasteiger partial charge in [0.1, 0.15) is 13.1 Å². The lowest BCUT2D eigenvalue weighted by molar-refractivity contribution is -0.149. The number of amides is 2. The molecule has 2 N–H and O–H groups in total. The maximum Gasteiger partial charge on any atom is 0.406 e. The molecule has 0 saturated carbocycles. The monoisotopic (exact) mass is 270 g/mol. The first kappa shape index (κ1) is 16.5. The van der Waals surface area contributed by atoms with E-state index >= 15 is 0 Å². The Hall–Kier alpha value is -1.47. The number of halogens is 3. The first-order chi connectivity index (χ1) is 8.19. The molecule has 0 bridgehead atoms. The van der Waals surface area contributed by atoms with Crippen LogP contribution in [-0.4, -0.2) is 47.3 Å². The number of carbonyl (C=O) groups excluding carboxylic acids is 1. The Morgan fingerprint density at radius 3 is 2.11 bits per heavy atom. The smallest absolute Gasteiger partial charge is 0.406 e. The van der Waals surface area contributed by atoms with E-state index in [2.05, 4.69) is 5.32 Å². The second-order valence-corrected chi connectivity index (χ2v) is 3.83. The standard InChI is InChI=1S/C10H17F3N2O3/c1-3-7(4-2)14-9(18)15(5-8(16)17)6-10(11,12)13/h7H,3-6H2,1-2H3,(H,14,18)(H,16,17). The van der Waals surface area contributed by atoms with Gasteiger partial charge in [-0.3, -0.25) is 4.79 Å². The minimum absolute atomic E-state index is 0.237. The minimum Gasteiger partial charge on any atom is -0.480 e. The van der Waals surface area contributed by atoms with E-state index < -0.39 is 31.3 Å². The second-order valence-electron chi connectivity index (χ2n) is 3.83. The highest BCUT2D eigenvalue weighted by Gasteiger charge is 2.34. The van der Waals surface area contributed by atoms with Crippen LogP contribution in [-0.2, 0) is 4.79 Å². The number of rotatable bonds is 6. The molecule has 0 aliphatic heterocycles. The summed E-state index contributed by atoms with van der Waals surface area (Å²) in [5.74, 6) is -1.49. The van der Waals surface area contributed by atoms with Gasteiger partial charge in [-0.05, 0) is 12.8 Å². The van der Waals surface area contributed by atoms with Gasteiger partial charge in [0, 0.05) is 6.04 Å². The van der Waals surface area contributed by atoms with Gasteiger partial charge in [-0.25, -0.2) is 4.79 Å². The highest BCUT2D eigenvalue weighted by molar-refractivity contribution is 5.80. The van der Waals surface area contributed by atoms with E-state index in [0.29, 0.717) is 12.8 Å². The zero-order valence-electron chi connectivity index (χ0n) is 10.3. The Morgan fingerprint density at radius 1 is 1.28 bits per heavy atom. The van der Waals surface area contributed by atoms with Crippen molar-refractivity contribution in [3.8, 4) is 0 Å². The molecule has 2 amide bonds. The molecule has 0 aromatic heterocycles. The summed E-state index contributed by atoms with van der Waals surface area (Å²) in [5, 5.41) is 10.9. The van der Waals surface area contributed by atoms with Crippen LogP contribution in [0, 0.1) is 0 Å². The maximum atomic E-state index is 12.2. The first-order valence-corrected chi connectivity index (χ1v) is 5.53. The zero-order valence-corrected chi connectivity index (χ0v) is 10.3. The van der Waals surface area contributed by atoms with Crippen molar-refractivity contribution < 1.29 is 27.9 Å². The third kappa shape index (κ3) is 6.97. The predicted octanol–water partition coefficient (Wildman–Crippen LogP) is 1.83. The van der Waals surface area contributed by atoms with Crippen LogP contribution in [0.2, 0.25) is 0 Å². The molecule has 0 aromatic carbocycles.